The van der Waals surface area contributed by atoms with Crippen molar-refractivity contribution < 1.29 is 14.3 Å². The van der Waals surface area contributed by atoms with E-state index in [1.807, 2.05) is 13.0 Å². The highest BCUT2D eigenvalue weighted by molar-refractivity contribution is 5.93. The van der Waals surface area contributed by atoms with Crippen molar-refractivity contribution in [1.29, 1.82) is 0 Å². The monoisotopic (exact) mass is 383 g/mol. The van der Waals surface area contributed by atoms with Gasteiger partial charge in [0.05, 0.1) is 14.2 Å². The Bertz CT molecular complexity index is 1060. The molecule has 146 valence electrons. The molecule has 0 spiro atoms. The van der Waals surface area contributed by atoms with Gasteiger partial charge in [0.25, 0.3) is 0 Å². The van der Waals surface area contributed by atoms with Crippen molar-refractivity contribution in [2.24, 2.45) is 0 Å². The van der Waals surface area contributed by atoms with Gasteiger partial charge in [0, 0.05) is 18.3 Å². The summed E-state index contributed by atoms with van der Waals surface area (Å²) in [7, 11) is 3.05. The molecule has 1 amide bonds. The molecule has 0 bridgehead atoms. The van der Waals surface area contributed by atoms with E-state index in [0.29, 0.717) is 29.4 Å². The number of tetrazole rings is 1. The Morgan fingerprint density at radius 3 is 2.46 bits per heavy atom. The molecule has 0 saturated carbocycles. The molecule has 0 unspecified atom stereocenters. The number of nitrogens with zero attached hydrogens (tertiary/aromatic N) is 5. The van der Waals surface area contributed by atoms with Crippen LogP contribution in [-0.4, -0.2) is 46.6 Å². The maximum Gasteiger partial charge on any atom is 0.377 e. The Balaban J connectivity index is 2.01. The number of amides is 1. The second kappa shape index (κ2) is 7.95. The number of carbonyl (C=O) groups excluding carboxylic acids is 1. The number of aryl methyl sites for hydroxylation is 1. The van der Waals surface area contributed by atoms with Crippen molar-refractivity contribution in [1.82, 2.24) is 19.8 Å². The minimum absolute atomic E-state index is 0.332. The van der Waals surface area contributed by atoms with Crippen LogP contribution in [0, 0.1) is 6.92 Å². The molecule has 0 fully saturated rings. The molecule has 0 aliphatic carbocycles. The molecule has 3 aromatic rings. The SMILES string of the molecule is CCN(C(=O)n1nnn(-c2ccccc2OC)c1=O)c1ccc(C)c(OC)c1. The van der Waals surface area contributed by atoms with E-state index >= 15 is 0 Å². The molecule has 0 N–H and O–H groups in total. The number of carbonyl (C=O) groups is 1. The van der Waals surface area contributed by atoms with Gasteiger partial charge in [-0.2, -0.15) is 4.68 Å². The Morgan fingerprint density at radius 1 is 1.07 bits per heavy atom. The summed E-state index contributed by atoms with van der Waals surface area (Å²) in [4.78, 5) is 27.2. The molecule has 0 saturated heterocycles. The van der Waals surface area contributed by atoms with Crippen molar-refractivity contribution in [3.63, 3.8) is 0 Å². The molecule has 9 heteroatoms. The van der Waals surface area contributed by atoms with Crippen LogP contribution >= 0.6 is 0 Å². The van der Waals surface area contributed by atoms with E-state index in [1.54, 1.807) is 50.4 Å². The predicted octanol–water partition coefficient (Wildman–Crippen LogP) is 2.25. The lowest BCUT2D eigenvalue weighted by atomic mass is 10.2. The number of benzene rings is 2. The van der Waals surface area contributed by atoms with Crippen molar-refractivity contribution in [2.45, 2.75) is 13.8 Å². The van der Waals surface area contributed by atoms with Crippen molar-refractivity contribution in [3.8, 4) is 17.2 Å². The van der Waals surface area contributed by atoms with Gasteiger partial charge < -0.3 is 9.47 Å². The third-order valence-electron chi connectivity index (χ3n) is 4.33. The molecule has 9 nitrogen and oxygen atoms in total. The Hall–Kier alpha value is -3.62. The fourth-order valence-corrected chi connectivity index (χ4v) is 2.84. The largest absolute Gasteiger partial charge is 0.496 e. The highest BCUT2D eigenvalue weighted by Gasteiger charge is 2.23. The van der Waals surface area contributed by atoms with E-state index in [-0.39, 0.29) is 0 Å². The van der Waals surface area contributed by atoms with Gasteiger partial charge in [-0.15, -0.1) is 4.68 Å². The average Bonchev–Trinajstić information content (AvgIpc) is 3.10. The minimum Gasteiger partial charge on any atom is -0.496 e. The van der Waals surface area contributed by atoms with Crippen molar-refractivity contribution in [2.75, 3.05) is 25.7 Å². The molecular weight excluding hydrogens is 362 g/mol. The lowest BCUT2D eigenvalue weighted by molar-refractivity contribution is 0.244. The van der Waals surface area contributed by atoms with E-state index in [4.69, 9.17) is 9.47 Å². The van der Waals surface area contributed by atoms with Gasteiger partial charge in [-0.1, -0.05) is 18.2 Å². The number of hydrogen-bond acceptors (Lipinski definition) is 6. The molecule has 1 heterocycles. The Morgan fingerprint density at radius 2 is 1.79 bits per heavy atom. The predicted molar refractivity (Wildman–Crippen MR) is 104 cm³/mol. The zero-order valence-corrected chi connectivity index (χ0v) is 16.1. The van der Waals surface area contributed by atoms with Crippen LogP contribution < -0.4 is 20.1 Å². The number of aromatic nitrogens is 4. The third-order valence-corrected chi connectivity index (χ3v) is 4.33. The first-order valence-corrected chi connectivity index (χ1v) is 8.66. The molecule has 3 rings (SSSR count). The number of hydrogen-bond donors (Lipinski definition) is 0. The zero-order valence-electron chi connectivity index (χ0n) is 16.1. The van der Waals surface area contributed by atoms with Crippen LogP contribution in [0.25, 0.3) is 5.69 Å². The first-order chi connectivity index (χ1) is 13.5. The van der Waals surface area contributed by atoms with E-state index < -0.39 is 11.7 Å². The van der Waals surface area contributed by atoms with Gasteiger partial charge in [0.1, 0.15) is 17.2 Å². The maximum absolute atomic E-state index is 13.0. The van der Waals surface area contributed by atoms with Crippen LogP contribution in [0.3, 0.4) is 0 Å². The minimum atomic E-state index is -0.688. The number of ether oxygens (including phenoxy) is 2. The summed E-state index contributed by atoms with van der Waals surface area (Å²) in [5.41, 5.74) is 1.24. The van der Waals surface area contributed by atoms with Gasteiger partial charge in [-0.3, -0.25) is 4.90 Å². The number of anilines is 1. The lowest BCUT2D eigenvalue weighted by Crippen LogP contribution is -2.41. The molecule has 0 radical (unpaired) electrons. The highest BCUT2D eigenvalue weighted by Crippen LogP contribution is 2.25. The molecular formula is C19H21N5O4. The first-order valence-electron chi connectivity index (χ1n) is 8.66. The van der Waals surface area contributed by atoms with Crippen LogP contribution in [0.5, 0.6) is 11.5 Å². The number of methoxy groups -OCH3 is 2. The van der Waals surface area contributed by atoms with Crippen LogP contribution in [0.15, 0.2) is 47.3 Å². The summed E-state index contributed by atoms with van der Waals surface area (Å²) < 4.78 is 12.3. The quantitative estimate of drug-likeness (QED) is 0.628. The third kappa shape index (κ3) is 3.34. The fourth-order valence-electron chi connectivity index (χ4n) is 2.84. The second-order valence-electron chi connectivity index (χ2n) is 5.94. The normalized spacial score (nSPS) is 10.6. The number of rotatable bonds is 5. The van der Waals surface area contributed by atoms with Crippen LogP contribution in [-0.2, 0) is 0 Å². The Kier molecular flexibility index (Phi) is 5.44. The average molecular weight is 383 g/mol. The highest BCUT2D eigenvalue weighted by atomic mass is 16.5. The summed E-state index contributed by atoms with van der Waals surface area (Å²) in [5.74, 6) is 1.09. The van der Waals surface area contributed by atoms with Crippen LogP contribution in [0.2, 0.25) is 0 Å². The summed E-state index contributed by atoms with van der Waals surface area (Å²) in [6.45, 7) is 4.04. The first kappa shape index (κ1) is 19.2. The summed E-state index contributed by atoms with van der Waals surface area (Å²) in [6.07, 6.45) is 0. The standard InChI is InChI=1S/C19H21N5O4/c1-5-22(14-11-10-13(2)17(12-14)28-4)18(25)24-19(26)23(20-21-24)15-8-6-7-9-16(15)27-3/h6-12H,5H2,1-4H3. The summed E-state index contributed by atoms with van der Waals surface area (Å²) in [5, 5.41) is 7.60. The van der Waals surface area contributed by atoms with E-state index in [2.05, 4.69) is 10.4 Å². The molecule has 28 heavy (non-hydrogen) atoms. The molecule has 0 aliphatic rings. The summed E-state index contributed by atoms with van der Waals surface area (Å²) >= 11 is 0. The van der Waals surface area contributed by atoms with Gasteiger partial charge in [-0.25, -0.2) is 9.59 Å². The van der Waals surface area contributed by atoms with Crippen LogP contribution in [0.1, 0.15) is 12.5 Å². The second-order valence-corrected chi connectivity index (χ2v) is 5.94. The maximum atomic E-state index is 13.0. The van der Waals surface area contributed by atoms with Gasteiger partial charge in [0.15, 0.2) is 0 Å². The zero-order chi connectivity index (χ0) is 20.3. The van der Waals surface area contributed by atoms with E-state index in [1.165, 1.54) is 12.0 Å². The molecule has 0 atom stereocenters. The lowest BCUT2D eigenvalue weighted by Gasteiger charge is -2.20. The van der Waals surface area contributed by atoms with Gasteiger partial charge >= 0.3 is 11.7 Å². The van der Waals surface area contributed by atoms with Crippen LogP contribution in [0.4, 0.5) is 10.5 Å². The molecule has 2 aromatic carbocycles. The van der Waals surface area contributed by atoms with Gasteiger partial charge in [-0.05, 0) is 48.0 Å². The number of para-hydroxylation sites is 2. The fraction of sp³-hybridized carbons (Fsp3) is 0.263. The van der Waals surface area contributed by atoms with Crippen molar-refractivity contribution >= 4 is 11.7 Å². The molecule has 0 aliphatic heterocycles. The smallest absolute Gasteiger partial charge is 0.377 e. The van der Waals surface area contributed by atoms with E-state index in [0.717, 1.165) is 14.9 Å². The van der Waals surface area contributed by atoms with E-state index in [9.17, 15) is 9.59 Å². The Labute approximate surface area is 161 Å². The van der Waals surface area contributed by atoms with Crippen molar-refractivity contribution in [3.05, 3.63) is 58.5 Å². The molecule has 1 aromatic heterocycles. The summed E-state index contributed by atoms with van der Waals surface area (Å²) in [6, 6.07) is 11.6. The van der Waals surface area contributed by atoms with Gasteiger partial charge in [0.2, 0.25) is 0 Å². The topological polar surface area (TPSA) is 91.5 Å².